The Hall–Kier alpha value is -0.730. The molecular weight excluding hydrogens is 302 g/mol. The van der Waals surface area contributed by atoms with Crippen LogP contribution < -0.4 is 0 Å². The van der Waals surface area contributed by atoms with Crippen molar-refractivity contribution >= 4 is 19.7 Å². The Kier molecular flexibility index (Phi) is 5.69. The Morgan fingerprint density at radius 1 is 1.47 bits per heavy atom. The molecule has 0 aliphatic carbocycles. The summed E-state index contributed by atoms with van der Waals surface area (Å²) in [6.07, 6.45) is -1.69. The highest BCUT2D eigenvalue weighted by Gasteiger charge is 2.22. The minimum Gasteiger partial charge on any atom is -0.375 e. The number of hydrogen-bond donors (Lipinski definition) is 0. The van der Waals surface area contributed by atoms with Crippen LogP contribution in [0.25, 0.3) is 0 Å². The molecule has 0 aliphatic heterocycles. The number of nitrogens with zero attached hydrogens (tertiary/aromatic N) is 2. The van der Waals surface area contributed by atoms with Gasteiger partial charge >= 0.3 is 0 Å². The van der Waals surface area contributed by atoms with E-state index in [2.05, 4.69) is 5.10 Å². The molecule has 110 valence electrons. The molecule has 5 nitrogen and oxygen atoms in total. The summed E-state index contributed by atoms with van der Waals surface area (Å²) < 4.78 is 53.6. The molecular formula is C10H15ClF2N2O3S. The SMILES string of the molecule is CC(C)COCc1c(S(=O)(=O)Cl)cnn1CC(F)F. The summed E-state index contributed by atoms with van der Waals surface area (Å²) in [6, 6.07) is 0. The monoisotopic (exact) mass is 316 g/mol. The minimum atomic E-state index is -4.04. The van der Waals surface area contributed by atoms with E-state index in [1.54, 1.807) is 0 Å². The van der Waals surface area contributed by atoms with Crippen molar-refractivity contribution in [3.05, 3.63) is 11.9 Å². The van der Waals surface area contributed by atoms with Crippen molar-refractivity contribution in [2.24, 2.45) is 5.92 Å². The topological polar surface area (TPSA) is 61.2 Å². The average molecular weight is 317 g/mol. The van der Waals surface area contributed by atoms with E-state index < -0.39 is 22.0 Å². The van der Waals surface area contributed by atoms with Crippen molar-refractivity contribution in [1.82, 2.24) is 9.78 Å². The van der Waals surface area contributed by atoms with Gasteiger partial charge in [-0.3, -0.25) is 4.68 Å². The second-order valence-corrected chi connectivity index (χ2v) is 6.91. The summed E-state index contributed by atoms with van der Waals surface area (Å²) in [5.74, 6) is 0.238. The maximum atomic E-state index is 12.4. The van der Waals surface area contributed by atoms with E-state index in [4.69, 9.17) is 15.4 Å². The second-order valence-electron chi connectivity index (χ2n) is 4.38. The molecule has 0 aliphatic rings. The Bertz CT molecular complexity index is 517. The molecule has 0 bridgehead atoms. The molecule has 0 unspecified atom stereocenters. The largest absolute Gasteiger partial charge is 0.375 e. The predicted molar refractivity (Wildman–Crippen MR) is 65.8 cm³/mol. The van der Waals surface area contributed by atoms with E-state index in [9.17, 15) is 17.2 Å². The molecule has 1 rings (SSSR count). The number of ether oxygens (including phenoxy) is 1. The third-order valence-electron chi connectivity index (χ3n) is 2.17. The summed E-state index contributed by atoms with van der Waals surface area (Å²) in [6.45, 7) is 3.37. The van der Waals surface area contributed by atoms with Gasteiger partial charge in [0, 0.05) is 17.3 Å². The molecule has 1 heterocycles. The summed E-state index contributed by atoms with van der Waals surface area (Å²) in [5.41, 5.74) is 0.0379. The van der Waals surface area contributed by atoms with E-state index in [-0.39, 0.29) is 23.1 Å². The zero-order valence-corrected chi connectivity index (χ0v) is 12.1. The van der Waals surface area contributed by atoms with Gasteiger partial charge < -0.3 is 4.74 Å². The van der Waals surface area contributed by atoms with Gasteiger partial charge in [0.2, 0.25) is 0 Å². The summed E-state index contributed by atoms with van der Waals surface area (Å²) >= 11 is 0. The predicted octanol–water partition coefficient (Wildman–Crippen LogP) is 2.25. The highest BCUT2D eigenvalue weighted by atomic mass is 35.7. The fraction of sp³-hybridized carbons (Fsp3) is 0.700. The number of rotatable bonds is 7. The van der Waals surface area contributed by atoms with Crippen LogP contribution in [-0.4, -0.2) is 31.2 Å². The van der Waals surface area contributed by atoms with Crippen molar-refractivity contribution < 1.29 is 21.9 Å². The summed E-state index contributed by atoms with van der Waals surface area (Å²) in [5, 5.41) is 3.61. The third kappa shape index (κ3) is 5.04. The van der Waals surface area contributed by atoms with Gasteiger partial charge in [0.1, 0.15) is 11.4 Å². The van der Waals surface area contributed by atoms with Gasteiger partial charge in [-0.25, -0.2) is 17.2 Å². The molecule has 1 aromatic rings. The van der Waals surface area contributed by atoms with Crippen LogP contribution in [0.15, 0.2) is 11.1 Å². The quantitative estimate of drug-likeness (QED) is 0.724. The molecule has 19 heavy (non-hydrogen) atoms. The first-order valence-corrected chi connectivity index (χ1v) is 7.88. The van der Waals surface area contributed by atoms with Crippen LogP contribution in [0.1, 0.15) is 19.5 Å². The van der Waals surface area contributed by atoms with Crippen molar-refractivity contribution in [2.75, 3.05) is 6.61 Å². The van der Waals surface area contributed by atoms with Crippen LogP contribution in [0.2, 0.25) is 0 Å². The standard InChI is InChI=1S/C10H15ClF2N2O3S/c1-7(2)5-18-6-8-9(19(11,16)17)3-14-15(8)4-10(12)13/h3,7,10H,4-6H2,1-2H3. The average Bonchev–Trinajstić information content (AvgIpc) is 2.59. The van der Waals surface area contributed by atoms with Gasteiger partial charge in [-0.15, -0.1) is 0 Å². The fourth-order valence-corrected chi connectivity index (χ4v) is 2.43. The molecule has 0 amide bonds. The van der Waals surface area contributed by atoms with Gasteiger partial charge in [0.25, 0.3) is 15.5 Å². The van der Waals surface area contributed by atoms with Gasteiger partial charge in [0.15, 0.2) is 0 Å². The Morgan fingerprint density at radius 2 is 2.11 bits per heavy atom. The van der Waals surface area contributed by atoms with Crippen LogP contribution in [0.3, 0.4) is 0 Å². The number of hydrogen-bond acceptors (Lipinski definition) is 4. The number of halogens is 3. The first-order valence-electron chi connectivity index (χ1n) is 5.57. The van der Waals surface area contributed by atoms with E-state index in [1.807, 2.05) is 13.8 Å². The number of aromatic nitrogens is 2. The lowest BCUT2D eigenvalue weighted by molar-refractivity contribution is 0.0825. The van der Waals surface area contributed by atoms with Gasteiger partial charge in [0.05, 0.1) is 18.5 Å². The molecule has 0 aromatic carbocycles. The van der Waals surface area contributed by atoms with Crippen molar-refractivity contribution in [1.29, 1.82) is 0 Å². The highest BCUT2D eigenvalue weighted by molar-refractivity contribution is 8.13. The molecule has 0 atom stereocenters. The van der Waals surface area contributed by atoms with Gasteiger partial charge in [-0.1, -0.05) is 13.8 Å². The lowest BCUT2D eigenvalue weighted by atomic mass is 10.2. The van der Waals surface area contributed by atoms with Crippen LogP contribution >= 0.6 is 10.7 Å². The lowest BCUT2D eigenvalue weighted by Gasteiger charge is -2.10. The Morgan fingerprint density at radius 3 is 2.58 bits per heavy atom. The lowest BCUT2D eigenvalue weighted by Crippen LogP contribution is -2.14. The Balaban J connectivity index is 2.97. The van der Waals surface area contributed by atoms with Crippen LogP contribution in [0, 0.1) is 5.92 Å². The zero-order valence-electron chi connectivity index (χ0n) is 10.5. The van der Waals surface area contributed by atoms with Crippen LogP contribution in [0.4, 0.5) is 8.78 Å². The maximum Gasteiger partial charge on any atom is 0.264 e. The molecule has 0 radical (unpaired) electrons. The van der Waals surface area contributed by atoms with Crippen LogP contribution in [-0.2, 0) is 26.9 Å². The van der Waals surface area contributed by atoms with Crippen molar-refractivity contribution in [2.45, 2.75) is 38.3 Å². The Labute approximate surface area is 114 Å². The second kappa shape index (κ2) is 6.62. The molecule has 0 N–H and O–H groups in total. The van der Waals surface area contributed by atoms with Gasteiger partial charge in [-0.05, 0) is 5.92 Å². The first-order chi connectivity index (χ1) is 8.71. The number of alkyl halides is 2. The van der Waals surface area contributed by atoms with E-state index in [1.165, 1.54) is 0 Å². The molecule has 0 spiro atoms. The summed E-state index contributed by atoms with van der Waals surface area (Å²) in [7, 11) is 1.20. The third-order valence-corrected chi connectivity index (χ3v) is 3.54. The molecule has 0 saturated heterocycles. The normalized spacial score (nSPS) is 12.6. The molecule has 9 heteroatoms. The van der Waals surface area contributed by atoms with Crippen molar-refractivity contribution in [3.8, 4) is 0 Å². The van der Waals surface area contributed by atoms with Gasteiger partial charge in [-0.2, -0.15) is 5.10 Å². The molecule has 0 fully saturated rings. The minimum absolute atomic E-state index is 0.0379. The maximum absolute atomic E-state index is 12.4. The molecule has 1 aromatic heterocycles. The van der Waals surface area contributed by atoms with E-state index in [0.29, 0.717) is 6.61 Å². The summed E-state index contributed by atoms with van der Waals surface area (Å²) in [4.78, 5) is -0.293. The fourth-order valence-electron chi connectivity index (χ4n) is 1.42. The van der Waals surface area contributed by atoms with Crippen molar-refractivity contribution in [3.63, 3.8) is 0 Å². The molecule has 0 saturated carbocycles. The van der Waals surface area contributed by atoms with Crippen LogP contribution in [0.5, 0.6) is 0 Å². The zero-order chi connectivity index (χ0) is 14.6. The highest BCUT2D eigenvalue weighted by Crippen LogP contribution is 2.21. The smallest absolute Gasteiger partial charge is 0.264 e. The first kappa shape index (κ1) is 16.3. The van der Waals surface area contributed by atoms with E-state index in [0.717, 1.165) is 10.9 Å². The van der Waals surface area contributed by atoms with E-state index >= 15 is 0 Å².